The summed E-state index contributed by atoms with van der Waals surface area (Å²) in [5.74, 6) is 0.280. The number of nitrogens with one attached hydrogen (secondary N) is 2. The van der Waals surface area contributed by atoms with Gasteiger partial charge in [0.15, 0.2) is 0 Å². The van der Waals surface area contributed by atoms with Gasteiger partial charge >= 0.3 is 0 Å². The number of amides is 1. The number of benzene rings is 4. The van der Waals surface area contributed by atoms with Crippen molar-refractivity contribution in [1.82, 2.24) is 15.2 Å². The second-order valence-electron chi connectivity index (χ2n) is 8.64. The number of para-hydroxylation sites is 1. The number of hydrogen-bond acceptors (Lipinski definition) is 6. The van der Waals surface area contributed by atoms with Crippen molar-refractivity contribution in [2.24, 2.45) is 5.10 Å². The zero-order valence-electron chi connectivity index (χ0n) is 21.4. The normalized spacial score (nSPS) is 11.3. The smallest absolute Gasteiger partial charge is 0.271 e. The molecule has 0 radical (unpaired) electrons. The highest BCUT2D eigenvalue weighted by molar-refractivity contribution is 7.92. The van der Waals surface area contributed by atoms with E-state index in [0.29, 0.717) is 22.5 Å². The monoisotopic (exact) mass is 551 g/mol. The number of carbonyl (C=O) groups excluding carboxylic acids is 1. The number of methoxy groups -OCH3 is 1. The summed E-state index contributed by atoms with van der Waals surface area (Å²) in [6.45, 7) is 0. The van der Waals surface area contributed by atoms with Crippen molar-refractivity contribution in [2.75, 3.05) is 11.8 Å². The predicted molar refractivity (Wildman–Crippen MR) is 154 cm³/mol. The molecule has 200 valence electrons. The van der Waals surface area contributed by atoms with Gasteiger partial charge in [0.25, 0.3) is 15.9 Å². The molecule has 0 fully saturated rings. The highest BCUT2D eigenvalue weighted by atomic mass is 32.2. The molecule has 2 N–H and O–H groups in total. The molecule has 10 heteroatoms. The molecule has 40 heavy (non-hydrogen) atoms. The lowest BCUT2D eigenvalue weighted by atomic mass is 10.1. The van der Waals surface area contributed by atoms with Gasteiger partial charge in [0.05, 0.1) is 23.9 Å². The van der Waals surface area contributed by atoms with Gasteiger partial charge in [0.1, 0.15) is 11.4 Å². The minimum Gasteiger partial charge on any atom is -0.497 e. The quantitative estimate of drug-likeness (QED) is 0.195. The van der Waals surface area contributed by atoms with Crippen LogP contribution in [0.4, 0.5) is 5.69 Å². The third-order valence-electron chi connectivity index (χ3n) is 5.95. The van der Waals surface area contributed by atoms with Gasteiger partial charge in [0, 0.05) is 28.6 Å². The zero-order chi connectivity index (χ0) is 28.0. The molecule has 0 spiro atoms. The molecule has 0 saturated heterocycles. The molecule has 4 aromatic carbocycles. The summed E-state index contributed by atoms with van der Waals surface area (Å²) < 4.78 is 34.6. The first-order valence-electron chi connectivity index (χ1n) is 12.2. The Morgan fingerprint density at radius 3 is 2.17 bits per heavy atom. The molecule has 0 unspecified atom stereocenters. The van der Waals surface area contributed by atoms with E-state index in [0.717, 1.165) is 17.0 Å². The molecular weight excluding hydrogens is 526 g/mol. The summed E-state index contributed by atoms with van der Waals surface area (Å²) in [6.07, 6.45) is 3.37. The minimum absolute atomic E-state index is 0.149. The predicted octanol–water partition coefficient (Wildman–Crippen LogP) is 5.11. The SMILES string of the molecule is COc1ccc(-c2nn(-c3ccccc3)cc2/C=N\NC(=O)c2ccc(NS(=O)(=O)c3ccccc3)cc2)cc1. The zero-order valence-corrected chi connectivity index (χ0v) is 22.2. The third-order valence-corrected chi connectivity index (χ3v) is 7.35. The van der Waals surface area contributed by atoms with Crippen molar-refractivity contribution in [2.45, 2.75) is 4.90 Å². The van der Waals surface area contributed by atoms with Gasteiger partial charge in [-0.25, -0.2) is 18.5 Å². The number of carbonyl (C=O) groups is 1. The van der Waals surface area contributed by atoms with Gasteiger partial charge in [0.2, 0.25) is 0 Å². The van der Waals surface area contributed by atoms with Crippen LogP contribution >= 0.6 is 0 Å². The van der Waals surface area contributed by atoms with Crippen molar-refractivity contribution in [3.05, 3.63) is 127 Å². The van der Waals surface area contributed by atoms with Crippen LogP contribution < -0.4 is 14.9 Å². The molecule has 0 aliphatic rings. The average Bonchev–Trinajstić information content (AvgIpc) is 3.42. The van der Waals surface area contributed by atoms with Crippen molar-refractivity contribution in [3.8, 4) is 22.7 Å². The summed E-state index contributed by atoms with van der Waals surface area (Å²) in [7, 11) is -2.12. The van der Waals surface area contributed by atoms with Crippen LogP contribution in [0.15, 0.2) is 125 Å². The molecule has 0 bridgehead atoms. The first kappa shape index (κ1) is 26.4. The van der Waals surface area contributed by atoms with Gasteiger partial charge in [-0.3, -0.25) is 9.52 Å². The Kier molecular flexibility index (Phi) is 7.70. The minimum atomic E-state index is -3.73. The van der Waals surface area contributed by atoms with Crippen LogP contribution in [0, 0.1) is 0 Å². The first-order chi connectivity index (χ1) is 19.4. The average molecular weight is 552 g/mol. The molecule has 0 aliphatic heterocycles. The fraction of sp³-hybridized carbons (Fsp3) is 0.0333. The van der Waals surface area contributed by atoms with Crippen LogP contribution in [-0.2, 0) is 10.0 Å². The summed E-state index contributed by atoms with van der Waals surface area (Å²) >= 11 is 0. The van der Waals surface area contributed by atoms with E-state index in [-0.39, 0.29) is 4.90 Å². The molecule has 0 saturated carbocycles. The Labute approximate surface area is 231 Å². The number of anilines is 1. The van der Waals surface area contributed by atoms with Crippen molar-refractivity contribution < 1.29 is 17.9 Å². The Morgan fingerprint density at radius 1 is 0.875 bits per heavy atom. The topological polar surface area (TPSA) is 115 Å². The second kappa shape index (κ2) is 11.7. The number of hydrogen-bond donors (Lipinski definition) is 2. The van der Waals surface area contributed by atoms with E-state index >= 15 is 0 Å². The van der Waals surface area contributed by atoms with Gasteiger partial charge in [-0.2, -0.15) is 10.2 Å². The van der Waals surface area contributed by atoms with Gasteiger partial charge in [-0.1, -0.05) is 36.4 Å². The van der Waals surface area contributed by atoms with Crippen molar-refractivity contribution >= 4 is 27.8 Å². The maximum atomic E-state index is 12.7. The Balaban J connectivity index is 1.31. The fourth-order valence-electron chi connectivity index (χ4n) is 3.90. The lowest BCUT2D eigenvalue weighted by Gasteiger charge is -2.08. The summed E-state index contributed by atoms with van der Waals surface area (Å²) in [4.78, 5) is 12.9. The van der Waals surface area contributed by atoms with E-state index in [1.165, 1.54) is 42.6 Å². The third kappa shape index (κ3) is 6.08. The highest BCUT2D eigenvalue weighted by Gasteiger charge is 2.14. The lowest BCUT2D eigenvalue weighted by Crippen LogP contribution is -2.18. The van der Waals surface area contributed by atoms with Crippen LogP contribution in [0.5, 0.6) is 5.75 Å². The Morgan fingerprint density at radius 2 is 1.52 bits per heavy atom. The second-order valence-corrected chi connectivity index (χ2v) is 10.3. The lowest BCUT2D eigenvalue weighted by molar-refractivity contribution is 0.0955. The Hall–Kier alpha value is -5.22. The molecule has 1 aromatic heterocycles. The van der Waals surface area contributed by atoms with Crippen LogP contribution in [0.1, 0.15) is 15.9 Å². The molecule has 1 amide bonds. The highest BCUT2D eigenvalue weighted by Crippen LogP contribution is 2.25. The van der Waals surface area contributed by atoms with Crippen LogP contribution in [0.25, 0.3) is 16.9 Å². The van der Waals surface area contributed by atoms with E-state index in [4.69, 9.17) is 9.84 Å². The maximum Gasteiger partial charge on any atom is 0.271 e. The first-order valence-corrected chi connectivity index (χ1v) is 13.7. The fourth-order valence-corrected chi connectivity index (χ4v) is 4.98. The van der Waals surface area contributed by atoms with Crippen molar-refractivity contribution in [1.29, 1.82) is 0 Å². The van der Waals surface area contributed by atoms with Crippen molar-refractivity contribution in [3.63, 3.8) is 0 Å². The molecule has 0 aliphatic carbocycles. The molecule has 5 aromatic rings. The summed E-state index contributed by atoms with van der Waals surface area (Å²) in [5, 5.41) is 8.89. The van der Waals surface area contributed by atoms with E-state index in [1.54, 1.807) is 30.0 Å². The molecular formula is C30H25N5O4S. The Bertz CT molecular complexity index is 1730. The van der Waals surface area contributed by atoms with Crippen LogP contribution in [0.2, 0.25) is 0 Å². The summed E-state index contributed by atoms with van der Waals surface area (Å²) in [6, 6.07) is 31.3. The van der Waals surface area contributed by atoms with E-state index in [2.05, 4.69) is 15.2 Å². The number of aromatic nitrogens is 2. The molecule has 0 atom stereocenters. The molecule has 5 rings (SSSR count). The van der Waals surface area contributed by atoms with Crippen LogP contribution in [-0.4, -0.2) is 37.4 Å². The van der Waals surface area contributed by atoms with E-state index in [1.807, 2.05) is 60.8 Å². The summed E-state index contributed by atoms with van der Waals surface area (Å²) in [5.41, 5.74) is 6.28. The number of sulfonamides is 1. The standard InChI is InChI=1S/C30H25N5O4S/c1-39-27-18-14-22(15-19-27)29-24(21-35(33-29)26-8-4-2-5-9-26)20-31-32-30(36)23-12-16-25(17-13-23)34-40(37,38)28-10-6-3-7-11-28/h2-21,34H,1H3,(H,32,36)/b31-20-. The van der Waals surface area contributed by atoms with E-state index < -0.39 is 15.9 Å². The molecule has 1 heterocycles. The van der Waals surface area contributed by atoms with Gasteiger partial charge in [-0.05, 0) is 72.8 Å². The van der Waals surface area contributed by atoms with Gasteiger partial charge in [-0.15, -0.1) is 0 Å². The number of ether oxygens (including phenoxy) is 1. The maximum absolute atomic E-state index is 12.7. The van der Waals surface area contributed by atoms with Crippen LogP contribution in [0.3, 0.4) is 0 Å². The van der Waals surface area contributed by atoms with Gasteiger partial charge < -0.3 is 4.74 Å². The van der Waals surface area contributed by atoms with E-state index in [9.17, 15) is 13.2 Å². The largest absolute Gasteiger partial charge is 0.497 e. The number of hydrazone groups is 1. The number of nitrogens with zero attached hydrogens (tertiary/aromatic N) is 3. The molecule has 9 nitrogen and oxygen atoms in total. The number of rotatable bonds is 9.